The summed E-state index contributed by atoms with van der Waals surface area (Å²) in [7, 11) is 0. The van der Waals surface area contributed by atoms with Crippen LogP contribution in [0.4, 0.5) is 0 Å². The van der Waals surface area contributed by atoms with Crippen LogP contribution in [-0.2, 0) is 9.59 Å². The highest BCUT2D eigenvalue weighted by atomic mass is 16.4. The van der Waals surface area contributed by atoms with E-state index in [1.807, 2.05) is 6.92 Å². The van der Waals surface area contributed by atoms with Crippen molar-refractivity contribution in [1.82, 2.24) is 5.32 Å². The number of hydrogen-bond acceptors (Lipinski definition) is 2. The molecule has 2 unspecified atom stereocenters. The molecule has 0 bridgehead atoms. The molecule has 0 aliphatic heterocycles. The van der Waals surface area contributed by atoms with E-state index < -0.39 is 11.9 Å². The zero-order valence-corrected chi connectivity index (χ0v) is 8.13. The van der Waals surface area contributed by atoms with Gasteiger partial charge in [-0.05, 0) is 24.7 Å². The summed E-state index contributed by atoms with van der Waals surface area (Å²) in [4.78, 5) is 21.0. The summed E-state index contributed by atoms with van der Waals surface area (Å²) in [5, 5.41) is 10.8. The van der Waals surface area contributed by atoms with E-state index in [4.69, 9.17) is 5.11 Å². The summed E-state index contributed by atoms with van der Waals surface area (Å²) in [6, 6.07) is -0.0430. The molecule has 1 amide bonds. The predicted molar refractivity (Wildman–Crippen MR) is 47.1 cm³/mol. The van der Waals surface area contributed by atoms with Gasteiger partial charge in [0.25, 0.3) is 0 Å². The molecular weight excluding hydrogens is 170 g/mol. The second kappa shape index (κ2) is 3.01. The van der Waals surface area contributed by atoms with Crippen LogP contribution < -0.4 is 5.32 Å². The first-order valence-electron chi connectivity index (χ1n) is 4.38. The summed E-state index contributed by atoms with van der Waals surface area (Å²) >= 11 is 0. The Morgan fingerprint density at radius 1 is 1.54 bits per heavy atom. The maximum Gasteiger partial charge on any atom is 0.394 e. The maximum atomic E-state index is 10.8. The van der Waals surface area contributed by atoms with E-state index in [-0.39, 0.29) is 11.5 Å². The SMILES string of the molecule is CC(NC(=O)C(=O)O)C1CC1(C)C. The fourth-order valence-electron chi connectivity index (χ4n) is 1.73. The number of carboxylic acid groups (broad SMARTS) is 1. The fraction of sp³-hybridized carbons (Fsp3) is 0.778. The Hall–Kier alpha value is -1.06. The molecule has 0 radical (unpaired) electrons. The van der Waals surface area contributed by atoms with Crippen molar-refractivity contribution in [2.75, 3.05) is 0 Å². The molecule has 1 saturated carbocycles. The predicted octanol–water partition coefficient (Wildman–Crippen LogP) is 0.622. The highest BCUT2D eigenvalue weighted by Gasteiger charge is 2.49. The highest BCUT2D eigenvalue weighted by Crippen LogP contribution is 2.53. The van der Waals surface area contributed by atoms with Crippen LogP contribution in [0.3, 0.4) is 0 Å². The molecule has 4 heteroatoms. The van der Waals surface area contributed by atoms with Crippen molar-refractivity contribution in [3.05, 3.63) is 0 Å². The average Bonchev–Trinajstić information content (AvgIpc) is 2.59. The van der Waals surface area contributed by atoms with Crippen molar-refractivity contribution in [2.24, 2.45) is 11.3 Å². The molecule has 1 aliphatic rings. The lowest BCUT2D eigenvalue weighted by Gasteiger charge is -2.13. The van der Waals surface area contributed by atoms with Crippen molar-refractivity contribution >= 4 is 11.9 Å². The molecule has 0 aromatic heterocycles. The van der Waals surface area contributed by atoms with Crippen LogP contribution >= 0.6 is 0 Å². The van der Waals surface area contributed by atoms with E-state index in [1.54, 1.807) is 0 Å². The Kier molecular flexibility index (Phi) is 2.32. The lowest BCUT2D eigenvalue weighted by atomic mass is 10.1. The third-order valence-corrected chi connectivity index (χ3v) is 2.75. The molecule has 0 aromatic rings. The van der Waals surface area contributed by atoms with E-state index in [0.717, 1.165) is 6.42 Å². The van der Waals surface area contributed by atoms with Gasteiger partial charge in [0.05, 0.1) is 0 Å². The van der Waals surface area contributed by atoms with E-state index in [1.165, 1.54) is 0 Å². The van der Waals surface area contributed by atoms with Gasteiger partial charge < -0.3 is 10.4 Å². The number of amides is 1. The van der Waals surface area contributed by atoms with Gasteiger partial charge in [-0.3, -0.25) is 4.79 Å². The third kappa shape index (κ3) is 2.20. The minimum Gasteiger partial charge on any atom is -0.474 e. The molecule has 13 heavy (non-hydrogen) atoms. The molecule has 1 aliphatic carbocycles. The van der Waals surface area contributed by atoms with Gasteiger partial charge in [-0.1, -0.05) is 13.8 Å². The topological polar surface area (TPSA) is 66.4 Å². The lowest BCUT2D eigenvalue weighted by Crippen LogP contribution is -2.39. The quantitative estimate of drug-likeness (QED) is 0.620. The highest BCUT2D eigenvalue weighted by molar-refractivity contribution is 6.31. The van der Waals surface area contributed by atoms with Crippen LogP contribution in [0.25, 0.3) is 0 Å². The zero-order valence-electron chi connectivity index (χ0n) is 8.13. The minimum absolute atomic E-state index is 0.0430. The third-order valence-electron chi connectivity index (χ3n) is 2.75. The monoisotopic (exact) mass is 185 g/mol. The van der Waals surface area contributed by atoms with Crippen molar-refractivity contribution in [2.45, 2.75) is 33.2 Å². The molecule has 2 N–H and O–H groups in total. The van der Waals surface area contributed by atoms with Gasteiger partial charge in [-0.2, -0.15) is 0 Å². The second-order valence-corrected chi connectivity index (χ2v) is 4.37. The first-order valence-corrected chi connectivity index (χ1v) is 4.38. The van der Waals surface area contributed by atoms with Crippen LogP contribution in [0, 0.1) is 11.3 Å². The van der Waals surface area contributed by atoms with Gasteiger partial charge in [0.2, 0.25) is 0 Å². The van der Waals surface area contributed by atoms with Crippen molar-refractivity contribution in [1.29, 1.82) is 0 Å². The maximum absolute atomic E-state index is 10.8. The number of carboxylic acids is 1. The number of aliphatic carboxylic acids is 1. The molecular formula is C9H15NO3. The number of carbonyl (C=O) groups is 2. The molecule has 2 atom stereocenters. The number of nitrogens with one attached hydrogen (secondary N) is 1. The average molecular weight is 185 g/mol. The van der Waals surface area contributed by atoms with Crippen LogP contribution in [0.1, 0.15) is 27.2 Å². The van der Waals surface area contributed by atoms with Crippen molar-refractivity contribution in [3.8, 4) is 0 Å². The standard InChI is InChI=1S/C9H15NO3/c1-5(6-4-9(6,2)3)10-7(11)8(12)13/h5-6H,4H2,1-3H3,(H,10,11)(H,12,13). The van der Waals surface area contributed by atoms with Gasteiger partial charge >= 0.3 is 11.9 Å². The molecule has 0 aromatic carbocycles. The second-order valence-electron chi connectivity index (χ2n) is 4.37. The summed E-state index contributed by atoms with van der Waals surface area (Å²) in [5.41, 5.74) is 0.255. The van der Waals surface area contributed by atoms with Crippen LogP contribution in [0.15, 0.2) is 0 Å². The smallest absolute Gasteiger partial charge is 0.394 e. The van der Waals surface area contributed by atoms with Crippen LogP contribution in [0.5, 0.6) is 0 Å². The first-order chi connectivity index (χ1) is 5.84. The van der Waals surface area contributed by atoms with Gasteiger partial charge in [-0.25, -0.2) is 4.79 Å². The zero-order chi connectivity index (χ0) is 10.2. The first kappa shape index (κ1) is 10.0. The van der Waals surface area contributed by atoms with E-state index in [9.17, 15) is 9.59 Å². The Labute approximate surface area is 77.3 Å². The fourth-order valence-corrected chi connectivity index (χ4v) is 1.73. The minimum atomic E-state index is -1.41. The summed E-state index contributed by atoms with van der Waals surface area (Å²) in [6.45, 7) is 6.07. The summed E-state index contributed by atoms with van der Waals surface area (Å²) in [5.74, 6) is -1.91. The van der Waals surface area contributed by atoms with Crippen LogP contribution in [-0.4, -0.2) is 23.0 Å². The number of carbonyl (C=O) groups excluding carboxylic acids is 1. The Morgan fingerprint density at radius 3 is 2.31 bits per heavy atom. The molecule has 74 valence electrons. The molecule has 0 saturated heterocycles. The van der Waals surface area contributed by atoms with Crippen molar-refractivity contribution in [3.63, 3.8) is 0 Å². The van der Waals surface area contributed by atoms with E-state index in [2.05, 4.69) is 19.2 Å². The Bertz CT molecular complexity index is 247. The number of hydrogen-bond donors (Lipinski definition) is 2. The Morgan fingerprint density at radius 2 is 2.00 bits per heavy atom. The molecule has 1 rings (SSSR count). The molecule has 0 heterocycles. The van der Waals surface area contributed by atoms with E-state index in [0.29, 0.717) is 5.92 Å². The van der Waals surface area contributed by atoms with Crippen LogP contribution in [0.2, 0.25) is 0 Å². The molecule has 1 fully saturated rings. The molecule has 0 spiro atoms. The number of rotatable bonds is 2. The largest absolute Gasteiger partial charge is 0.474 e. The van der Waals surface area contributed by atoms with Crippen molar-refractivity contribution < 1.29 is 14.7 Å². The Balaban J connectivity index is 2.39. The normalized spacial score (nSPS) is 26.2. The van der Waals surface area contributed by atoms with Gasteiger partial charge in [-0.15, -0.1) is 0 Å². The van der Waals surface area contributed by atoms with Gasteiger partial charge in [0, 0.05) is 6.04 Å². The van der Waals surface area contributed by atoms with Gasteiger partial charge in [0.1, 0.15) is 0 Å². The summed E-state index contributed by atoms with van der Waals surface area (Å²) in [6.07, 6.45) is 1.05. The molecule has 4 nitrogen and oxygen atoms in total. The van der Waals surface area contributed by atoms with Gasteiger partial charge in [0.15, 0.2) is 0 Å². The van der Waals surface area contributed by atoms with E-state index >= 15 is 0 Å². The lowest BCUT2D eigenvalue weighted by molar-refractivity contribution is -0.150. The summed E-state index contributed by atoms with van der Waals surface area (Å²) < 4.78 is 0.